The van der Waals surface area contributed by atoms with Gasteiger partial charge in [-0.05, 0) is 26.0 Å². The molecule has 13 heteroatoms. The molecule has 3 unspecified atom stereocenters. The number of amides is 1. The van der Waals surface area contributed by atoms with E-state index in [9.17, 15) is 27.9 Å². The standard InChI is InChI=1S/C20H24ClF3N4O4S/c1-10-6-26(7-11(2)27(10)19(30)31)17-14-4-12(20(22,23)24)5-15-16(14)28(18(29)25-17)13(8-32-3)9-33(15)21/h4-5,10-11,13,33H,6-9H2,1-3H3,(H,30,31)/t10?,11?,13-/m0/s1. The van der Waals surface area contributed by atoms with E-state index in [2.05, 4.69) is 4.98 Å². The average Bonchev–Trinajstić information content (AvgIpc) is 2.70. The summed E-state index contributed by atoms with van der Waals surface area (Å²) in [5, 5.41) is 9.67. The van der Waals surface area contributed by atoms with Gasteiger partial charge < -0.3 is 14.7 Å². The largest absolute Gasteiger partial charge is 0.465 e. The molecule has 3 heterocycles. The number of alkyl halides is 3. The van der Waals surface area contributed by atoms with Crippen LogP contribution in [0.15, 0.2) is 21.8 Å². The Morgan fingerprint density at radius 3 is 2.48 bits per heavy atom. The van der Waals surface area contributed by atoms with Crippen molar-refractivity contribution in [2.75, 3.05) is 37.5 Å². The quantitative estimate of drug-likeness (QED) is 0.615. The second-order valence-electron chi connectivity index (χ2n) is 8.42. The molecule has 4 atom stereocenters. The molecule has 2 aliphatic rings. The van der Waals surface area contributed by atoms with Gasteiger partial charge in [0.1, 0.15) is 5.82 Å². The first-order valence-corrected chi connectivity index (χ1v) is 12.7. The Morgan fingerprint density at radius 1 is 1.30 bits per heavy atom. The molecule has 2 aromatic rings. The Morgan fingerprint density at radius 2 is 1.94 bits per heavy atom. The molecule has 0 radical (unpaired) electrons. The van der Waals surface area contributed by atoms with E-state index in [4.69, 9.17) is 15.4 Å². The van der Waals surface area contributed by atoms with Crippen LogP contribution in [0.3, 0.4) is 0 Å². The van der Waals surface area contributed by atoms with Gasteiger partial charge in [0.2, 0.25) is 0 Å². The molecule has 0 bridgehead atoms. The number of rotatable bonds is 3. The van der Waals surface area contributed by atoms with E-state index in [0.717, 1.165) is 12.1 Å². The van der Waals surface area contributed by atoms with Crippen molar-refractivity contribution in [2.24, 2.45) is 0 Å². The van der Waals surface area contributed by atoms with Gasteiger partial charge in [0.05, 0.1) is 35.8 Å². The fourth-order valence-corrected chi connectivity index (χ4v) is 7.27. The molecule has 8 nitrogen and oxygen atoms in total. The predicted molar refractivity (Wildman–Crippen MR) is 121 cm³/mol. The Kier molecular flexibility index (Phi) is 6.21. The highest BCUT2D eigenvalue weighted by Gasteiger charge is 2.38. The summed E-state index contributed by atoms with van der Waals surface area (Å²) < 4.78 is 47.9. The molecular formula is C20H24ClF3N4O4S. The van der Waals surface area contributed by atoms with Crippen molar-refractivity contribution in [1.29, 1.82) is 0 Å². The first-order chi connectivity index (χ1) is 15.4. The Bertz CT molecular complexity index is 1150. The zero-order valence-electron chi connectivity index (χ0n) is 18.1. The smallest absolute Gasteiger partial charge is 0.416 e. The van der Waals surface area contributed by atoms with Gasteiger partial charge in [-0.15, -0.1) is 10.1 Å². The van der Waals surface area contributed by atoms with Gasteiger partial charge in [-0.2, -0.15) is 18.2 Å². The number of piperazine rings is 1. The van der Waals surface area contributed by atoms with Crippen molar-refractivity contribution in [3.05, 3.63) is 28.2 Å². The third kappa shape index (κ3) is 4.12. The van der Waals surface area contributed by atoms with E-state index >= 15 is 0 Å². The van der Waals surface area contributed by atoms with Crippen LogP contribution in [0.5, 0.6) is 0 Å². The Labute approximate surface area is 194 Å². The second kappa shape index (κ2) is 8.55. The van der Waals surface area contributed by atoms with E-state index in [0.29, 0.717) is 11.3 Å². The number of carbonyl (C=O) groups is 1. The normalized spacial score (nSPS) is 26.6. The number of hydrogen-bond acceptors (Lipinski definition) is 5. The minimum absolute atomic E-state index is 0.112. The SMILES string of the molecule is COC[C@H]1C[SH](Cl)c2cc(C(F)(F)F)cc3c(N4CC(C)N(C(=O)O)C(C)C4)nc(=O)n1c23. The number of benzene rings is 1. The van der Waals surface area contributed by atoms with Crippen LogP contribution in [0.4, 0.5) is 23.8 Å². The minimum atomic E-state index is -4.61. The van der Waals surface area contributed by atoms with Gasteiger partial charge in [-0.3, -0.25) is 9.47 Å². The average molecular weight is 509 g/mol. The molecule has 182 valence electrons. The number of halogens is 4. The topological polar surface area (TPSA) is 87.9 Å². The third-order valence-electron chi connectivity index (χ3n) is 6.10. The van der Waals surface area contributed by atoms with Crippen LogP contribution < -0.4 is 10.6 Å². The number of thiol groups is 1. The monoisotopic (exact) mass is 508 g/mol. The lowest BCUT2D eigenvalue weighted by atomic mass is 10.1. The molecule has 1 aromatic carbocycles. The van der Waals surface area contributed by atoms with Crippen LogP contribution >= 0.6 is 20.8 Å². The number of methoxy groups -OCH3 is 1. The number of aromatic nitrogens is 2. The zero-order valence-corrected chi connectivity index (χ0v) is 19.8. The first-order valence-electron chi connectivity index (χ1n) is 10.3. The van der Waals surface area contributed by atoms with Crippen molar-refractivity contribution in [3.63, 3.8) is 0 Å². The lowest BCUT2D eigenvalue weighted by Gasteiger charge is -2.44. The highest BCUT2D eigenvalue weighted by molar-refractivity contribution is 8.36. The van der Waals surface area contributed by atoms with Crippen LogP contribution in [0, 0.1) is 0 Å². The number of anilines is 1. The maximum absolute atomic E-state index is 13.8. The van der Waals surface area contributed by atoms with Crippen LogP contribution in [0.2, 0.25) is 0 Å². The Balaban J connectivity index is 1.97. The summed E-state index contributed by atoms with van der Waals surface area (Å²) in [6.45, 7) is 3.97. The van der Waals surface area contributed by atoms with Crippen molar-refractivity contribution >= 4 is 43.6 Å². The lowest BCUT2D eigenvalue weighted by Crippen LogP contribution is -2.58. The van der Waals surface area contributed by atoms with Gasteiger partial charge in [-0.1, -0.05) is 10.7 Å². The van der Waals surface area contributed by atoms with Crippen molar-refractivity contribution in [3.8, 4) is 0 Å². The van der Waals surface area contributed by atoms with Crippen molar-refractivity contribution in [2.45, 2.75) is 43.0 Å². The predicted octanol–water partition coefficient (Wildman–Crippen LogP) is 3.71. The number of nitrogens with zero attached hydrogens (tertiary/aromatic N) is 4. The van der Waals surface area contributed by atoms with Crippen molar-refractivity contribution < 1.29 is 27.8 Å². The highest BCUT2D eigenvalue weighted by Crippen LogP contribution is 2.52. The van der Waals surface area contributed by atoms with Gasteiger partial charge in [0, 0.05) is 36.2 Å². The molecule has 1 fully saturated rings. The molecule has 4 rings (SSSR count). The second-order valence-corrected chi connectivity index (χ2v) is 11.2. The highest BCUT2D eigenvalue weighted by atomic mass is 35.7. The summed E-state index contributed by atoms with van der Waals surface area (Å²) in [5.74, 6) is 0.404. The molecule has 33 heavy (non-hydrogen) atoms. The van der Waals surface area contributed by atoms with E-state index < -0.39 is 51.8 Å². The fraction of sp³-hybridized carbons (Fsp3) is 0.550. The van der Waals surface area contributed by atoms with Crippen LogP contribution in [-0.4, -0.2) is 70.3 Å². The summed E-state index contributed by atoms with van der Waals surface area (Å²) in [5.41, 5.74) is -1.11. The van der Waals surface area contributed by atoms with Gasteiger partial charge in [0.15, 0.2) is 0 Å². The maximum Gasteiger partial charge on any atom is 0.416 e. The molecule has 1 amide bonds. The van der Waals surface area contributed by atoms with Crippen LogP contribution in [0.1, 0.15) is 25.5 Å². The summed E-state index contributed by atoms with van der Waals surface area (Å²) >= 11 is 0. The van der Waals surface area contributed by atoms with E-state index in [1.54, 1.807) is 18.7 Å². The van der Waals surface area contributed by atoms with Crippen LogP contribution in [-0.2, 0) is 10.9 Å². The van der Waals surface area contributed by atoms with E-state index in [1.165, 1.54) is 16.6 Å². The molecule has 1 aromatic heterocycles. The van der Waals surface area contributed by atoms with Crippen LogP contribution in [0.25, 0.3) is 10.9 Å². The summed E-state index contributed by atoms with van der Waals surface area (Å²) in [7, 11) is 6.57. The third-order valence-corrected chi connectivity index (χ3v) is 8.67. The van der Waals surface area contributed by atoms with Crippen molar-refractivity contribution in [1.82, 2.24) is 14.5 Å². The Hall–Kier alpha value is -2.18. The number of carboxylic acid groups (broad SMARTS) is 1. The molecule has 0 aliphatic carbocycles. The fourth-order valence-electron chi connectivity index (χ4n) is 4.83. The minimum Gasteiger partial charge on any atom is -0.465 e. The van der Waals surface area contributed by atoms with Gasteiger partial charge in [-0.25, -0.2) is 9.59 Å². The molecule has 1 saturated heterocycles. The van der Waals surface area contributed by atoms with Gasteiger partial charge in [0.25, 0.3) is 0 Å². The molecule has 0 spiro atoms. The molecule has 0 saturated carbocycles. The molecule has 2 aliphatic heterocycles. The van der Waals surface area contributed by atoms with Gasteiger partial charge >= 0.3 is 18.0 Å². The van der Waals surface area contributed by atoms with E-state index in [-0.39, 0.29) is 35.8 Å². The van der Waals surface area contributed by atoms with E-state index in [1.807, 2.05) is 0 Å². The molecule has 1 N–H and O–H groups in total. The number of hydrogen-bond donors (Lipinski definition) is 2. The maximum atomic E-state index is 13.8. The number of ether oxygens (including phenoxy) is 1. The summed E-state index contributed by atoms with van der Waals surface area (Å²) in [6, 6.07) is 0.689. The molecular weight excluding hydrogens is 485 g/mol. The lowest BCUT2D eigenvalue weighted by molar-refractivity contribution is -0.137. The zero-order chi connectivity index (χ0) is 24.2. The first kappa shape index (κ1) is 24.0. The summed E-state index contributed by atoms with van der Waals surface area (Å²) in [6.07, 6.45) is -5.68. The summed E-state index contributed by atoms with van der Waals surface area (Å²) in [4.78, 5) is 32.2.